The van der Waals surface area contributed by atoms with Gasteiger partial charge >= 0.3 is 0 Å². The lowest BCUT2D eigenvalue weighted by Crippen LogP contribution is -2.44. The zero-order valence-electron chi connectivity index (χ0n) is 13.4. The van der Waals surface area contributed by atoms with Crippen LogP contribution < -0.4 is 16.2 Å². The molecule has 0 heterocycles. The number of hydrogen-bond donors (Lipinski definition) is 3. The molecule has 0 radical (unpaired) electrons. The molecule has 3 N–H and O–H groups in total. The van der Waals surface area contributed by atoms with E-state index in [2.05, 4.69) is 63.3 Å². The topological polar surface area (TPSA) is 53.2 Å². The van der Waals surface area contributed by atoms with Crippen LogP contribution in [0.1, 0.15) is 11.1 Å². The lowest BCUT2D eigenvalue weighted by atomic mass is 10.2. The number of hydrogen-bond acceptors (Lipinski definition) is 3. The minimum Gasteiger partial charge on any atom is -0.330 e. The number of nitrogens with one attached hydrogen (secondary N) is 3. The molecule has 132 valence electrons. The van der Waals surface area contributed by atoms with Crippen LogP contribution in [0.2, 0.25) is 5.02 Å². The van der Waals surface area contributed by atoms with E-state index in [1.54, 1.807) is 12.1 Å². The Bertz CT molecular complexity index is 756. The van der Waals surface area contributed by atoms with E-state index in [0.29, 0.717) is 16.5 Å². The van der Waals surface area contributed by atoms with Crippen LogP contribution in [0, 0.1) is 6.92 Å². The third-order valence-corrected chi connectivity index (χ3v) is 5.13. The summed E-state index contributed by atoms with van der Waals surface area (Å²) in [6.07, 6.45) is 0. The van der Waals surface area contributed by atoms with Crippen molar-refractivity contribution in [3.8, 4) is 0 Å². The highest BCUT2D eigenvalue weighted by Gasteiger charge is 2.05. The fraction of sp³-hybridized carbons (Fsp3) is 0.176. The van der Waals surface area contributed by atoms with Crippen molar-refractivity contribution < 1.29 is 4.79 Å². The predicted molar refractivity (Wildman–Crippen MR) is 114 cm³/mol. The van der Waals surface area contributed by atoms with Crippen molar-refractivity contribution in [2.45, 2.75) is 12.7 Å². The average molecular weight is 459 g/mol. The Morgan fingerprint density at radius 3 is 2.60 bits per heavy atom. The van der Waals surface area contributed by atoms with E-state index < -0.39 is 0 Å². The molecule has 2 rings (SSSR count). The largest absolute Gasteiger partial charge is 0.330 e. The summed E-state index contributed by atoms with van der Waals surface area (Å²) < 4.78 is 0.876. The third kappa shape index (κ3) is 7.23. The number of amides is 1. The van der Waals surface area contributed by atoms with Crippen molar-refractivity contribution in [3.63, 3.8) is 0 Å². The van der Waals surface area contributed by atoms with Gasteiger partial charge < -0.3 is 5.32 Å². The summed E-state index contributed by atoms with van der Waals surface area (Å²) in [7, 11) is 0. The molecule has 0 aliphatic rings. The highest BCUT2D eigenvalue weighted by molar-refractivity contribution is 9.10. The van der Waals surface area contributed by atoms with E-state index in [4.69, 9.17) is 23.8 Å². The van der Waals surface area contributed by atoms with Gasteiger partial charge in [-0.15, -0.1) is 11.8 Å². The maximum absolute atomic E-state index is 11.8. The summed E-state index contributed by atoms with van der Waals surface area (Å²) in [6, 6.07) is 13.7. The lowest BCUT2D eigenvalue weighted by molar-refractivity contribution is -0.119. The number of halogens is 2. The zero-order valence-corrected chi connectivity index (χ0v) is 17.4. The fourth-order valence-electron chi connectivity index (χ4n) is 1.85. The van der Waals surface area contributed by atoms with Crippen LogP contribution >= 0.6 is 51.5 Å². The van der Waals surface area contributed by atoms with Crippen molar-refractivity contribution >= 4 is 68.2 Å². The lowest BCUT2D eigenvalue weighted by Gasteiger charge is -2.12. The molecule has 0 spiro atoms. The third-order valence-electron chi connectivity index (χ3n) is 3.12. The summed E-state index contributed by atoms with van der Waals surface area (Å²) in [5, 5.41) is 3.72. The first kappa shape index (κ1) is 20.0. The van der Waals surface area contributed by atoms with Crippen molar-refractivity contribution in [2.75, 3.05) is 11.1 Å². The summed E-state index contributed by atoms with van der Waals surface area (Å²) in [6.45, 7) is 2.05. The van der Waals surface area contributed by atoms with Crippen molar-refractivity contribution in [3.05, 3.63) is 63.1 Å². The molecule has 4 nitrogen and oxygen atoms in total. The molecule has 0 atom stereocenters. The molecule has 0 aromatic heterocycles. The Morgan fingerprint density at radius 1 is 1.20 bits per heavy atom. The molecule has 0 saturated heterocycles. The molecule has 0 unspecified atom stereocenters. The molecule has 0 bridgehead atoms. The molecule has 8 heteroatoms. The van der Waals surface area contributed by atoms with Gasteiger partial charge in [-0.2, -0.15) is 0 Å². The average Bonchev–Trinajstić information content (AvgIpc) is 2.57. The predicted octanol–water partition coefficient (Wildman–Crippen LogP) is 4.66. The van der Waals surface area contributed by atoms with Gasteiger partial charge in [0.1, 0.15) is 0 Å². The second-order valence-corrected chi connectivity index (χ2v) is 7.95. The molecule has 0 aliphatic carbocycles. The van der Waals surface area contributed by atoms with Crippen molar-refractivity contribution in [1.29, 1.82) is 0 Å². The van der Waals surface area contributed by atoms with Gasteiger partial charge in [0.25, 0.3) is 0 Å². The van der Waals surface area contributed by atoms with E-state index in [0.717, 1.165) is 10.2 Å². The number of benzene rings is 2. The quantitative estimate of drug-likeness (QED) is 0.449. The van der Waals surface area contributed by atoms with Crippen LogP contribution in [-0.2, 0) is 10.5 Å². The van der Waals surface area contributed by atoms with Gasteiger partial charge in [0.15, 0.2) is 5.11 Å². The Balaban J connectivity index is 1.68. The summed E-state index contributed by atoms with van der Waals surface area (Å²) >= 11 is 16.1. The second-order valence-electron chi connectivity index (χ2n) is 5.23. The second kappa shape index (κ2) is 10.0. The van der Waals surface area contributed by atoms with Gasteiger partial charge in [-0.25, -0.2) is 0 Å². The van der Waals surface area contributed by atoms with E-state index in [-0.39, 0.29) is 11.0 Å². The van der Waals surface area contributed by atoms with E-state index in [1.165, 1.54) is 22.9 Å². The Hall–Kier alpha value is -1.28. The number of anilines is 1. The normalized spacial score (nSPS) is 10.2. The highest BCUT2D eigenvalue weighted by atomic mass is 79.9. The van der Waals surface area contributed by atoms with E-state index in [9.17, 15) is 4.79 Å². The van der Waals surface area contributed by atoms with Gasteiger partial charge in [-0.05, 0) is 42.9 Å². The van der Waals surface area contributed by atoms with E-state index >= 15 is 0 Å². The first-order chi connectivity index (χ1) is 11.9. The minimum absolute atomic E-state index is 0.150. The molecule has 0 aliphatic heterocycles. The first-order valence-corrected chi connectivity index (χ1v) is 10.1. The number of thiocarbonyl (C=S) groups is 1. The maximum atomic E-state index is 11.8. The smallest absolute Gasteiger partial charge is 0.248 e. The Kier molecular flexibility index (Phi) is 8.02. The molecular formula is C17H17BrClN3OS2. The molecule has 0 fully saturated rings. The number of carbonyl (C=O) groups is 1. The van der Waals surface area contributed by atoms with Gasteiger partial charge in [0, 0.05) is 10.2 Å². The molecular weight excluding hydrogens is 442 g/mol. The monoisotopic (exact) mass is 457 g/mol. The van der Waals surface area contributed by atoms with Crippen LogP contribution in [0.15, 0.2) is 46.9 Å². The van der Waals surface area contributed by atoms with Crippen molar-refractivity contribution in [2.24, 2.45) is 0 Å². The van der Waals surface area contributed by atoms with Gasteiger partial charge in [0.05, 0.1) is 16.5 Å². The van der Waals surface area contributed by atoms with Gasteiger partial charge in [0.2, 0.25) is 5.91 Å². The molecule has 2 aromatic carbocycles. The first-order valence-electron chi connectivity index (χ1n) is 7.38. The maximum Gasteiger partial charge on any atom is 0.248 e. The Labute approximate surface area is 170 Å². The standard InChI is InChI=1S/C17H17BrClN3OS2/c1-11-2-4-12(5-3-11)9-25-10-16(23)21-22-17(24)20-15-7-6-13(18)8-14(15)19/h2-8H,9-10H2,1H3,(H,21,23)(H2,20,22,24). The Morgan fingerprint density at radius 2 is 1.92 bits per heavy atom. The van der Waals surface area contributed by atoms with Gasteiger partial charge in [-0.1, -0.05) is 57.4 Å². The molecule has 25 heavy (non-hydrogen) atoms. The van der Waals surface area contributed by atoms with Crippen LogP contribution in [0.4, 0.5) is 5.69 Å². The zero-order chi connectivity index (χ0) is 18.2. The van der Waals surface area contributed by atoms with Gasteiger partial charge in [-0.3, -0.25) is 15.6 Å². The highest BCUT2D eigenvalue weighted by Crippen LogP contribution is 2.25. The number of hydrazine groups is 1. The van der Waals surface area contributed by atoms with Crippen LogP contribution in [0.25, 0.3) is 0 Å². The molecule has 0 saturated carbocycles. The van der Waals surface area contributed by atoms with Crippen LogP contribution in [0.5, 0.6) is 0 Å². The molecule has 1 amide bonds. The fourth-order valence-corrected chi connectivity index (χ4v) is 3.52. The summed E-state index contributed by atoms with van der Waals surface area (Å²) in [5.41, 5.74) is 8.30. The number of rotatable bonds is 5. The summed E-state index contributed by atoms with van der Waals surface area (Å²) in [5.74, 6) is 0.969. The SMILES string of the molecule is Cc1ccc(CSCC(=O)NNC(=S)Nc2ccc(Br)cc2Cl)cc1. The number of aryl methyl sites for hydroxylation is 1. The number of thioether (sulfide) groups is 1. The van der Waals surface area contributed by atoms with E-state index in [1.807, 2.05) is 6.07 Å². The van der Waals surface area contributed by atoms with Crippen molar-refractivity contribution in [1.82, 2.24) is 10.9 Å². The molecule has 2 aromatic rings. The van der Waals surface area contributed by atoms with Crippen LogP contribution in [0.3, 0.4) is 0 Å². The summed E-state index contributed by atoms with van der Waals surface area (Å²) in [4.78, 5) is 11.8. The minimum atomic E-state index is -0.150. The van der Waals surface area contributed by atoms with Crippen LogP contribution in [-0.4, -0.2) is 16.8 Å². The number of carbonyl (C=O) groups excluding carboxylic acids is 1.